The van der Waals surface area contributed by atoms with E-state index in [1.807, 2.05) is 6.92 Å². The fourth-order valence-electron chi connectivity index (χ4n) is 4.70. The van der Waals surface area contributed by atoms with Gasteiger partial charge in [0.1, 0.15) is 37.4 Å². The lowest BCUT2D eigenvalue weighted by Gasteiger charge is -2.33. The third kappa shape index (κ3) is 7.56. The highest BCUT2D eigenvalue weighted by molar-refractivity contribution is 7.92. The first-order valence-electron chi connectivity index (χ1n) is 14.1. The largest absolute Gasteiger partial charge is 0.497 e. The van der Waals surface area contributed by atoms with Gasteiger partial charge in [0.05, 0.1) is 17.7 Å². The molecule has 0 spiro atoms. The highest BCUT2D eigenvalue weighted by Crippen LogP contribution is 2.34. The Kier molecular flexibility index (Phi) is 10.5. The molecule has 0 saturated heterocycles. The molecule has 0 aromatic heterocycles. The summed E-state index contributed by atoms with van der Waals surface area (Å²) < 4.78 is 59.4. The summed E-state index contributed by atoms with van der Waals surface area (Å²) >= 11 is 0. The predicted octanol–water partition coefficient (Wildman–Crippen LogP) is 4.13. The number of carbonyl (C=O) groups excluding carboxylic acids is 2. The molecule has 3 aromatic carbocycles. The first kappa shape index (κ1) is 31.6. The van der Waals surface area contributed by atoms with Crippen molar-refractivity contribution in [1.82, 2.24) is 10.2 Å². The van der Waals surface area contributed by atoms with Crippen LogP contribution in [0.15, 0.2) is 71.6 Å². The number of carbonyl (C=O) groups is 2. The fraction of sp³-hybridized carbons (Fsp3) is 0.355. The van der Waals surface area contributed by atoms with E-state index in [0.717, 1.165) is 16.4 Å². The minimum atomic E-state index is -4.37. The summed E-state index contributed by atoms with van der Waals surface area (Å²) in [6.45, 7) is 4.10. The SMILES string of the molecule is CCCNC(=O)[C@@H](CC)N(Cc1cccc(OC)c1)C(=O)CN(c1ccc(F)cc1)S(=O)(=O)c1ccc2c(c1)OCCO2. The van der Waals surface area contributed by atoms with Gasteiger partial charge in [-0.1, -0.05) is 26.0 Å². The van der Waals surface area contributed by atoms with Crippen molar-refractivity contribution in [3.05, 3.63) is 78.1 Å². The number of halogens is 1. The van der Waals surface area contributed by atoms with Crippen molar-refractivity contribution >= 4 is 27.5 Å². The van der Waals surface area contributed by atoms with Crippen molar-refractivity contribution in [2.24, 2.45) is 0 Å². The molecule has 1 N–H and O–H groups in total. The monoisotopic (exact) mass is 613 g/mol. The second-order valence-electron chi connectivity index (χ2n) is 9.88. The lowest BCUT2D eigenvalue weighted by Crippen LogP contribution is -2.52. The number of rotatable bonds is 13. The van der Waals surface area contributed by atoms with Gasteiger partial charge in [-0.3, -0.25) is 13.9 Å². The third-order valence-electron chi connectivity index (χ3n) is 6.92. The van der Waals surface area contributed by atoms with Crippen LogP contribution < -0.4 is 23.8 Å². The number of nitrogens with zero attached hydrogens (tertiary/aromatic N) is 2. The van der Waals surface area contributed by atoms with Crippen molar-refractivity contribution in [2.45, 2.75) is 44.2 Å². The minimum Gasteiger partial charge on any atom is -0.497 e. The predicted molar refractivity (Wildman–Crippen MR) is 159 cm³/mol. The number of methoxy groups -OCH3 is 1. The smallest absolute Gasteiger partial charge is 0.264 e. The first-order valence-corrected chi connectivity index (χ1v) is 15.5. The van der Waals surface area contributed by atoms with Gasteiger partial charge in [-0.2, -0.15) is 0 Å². The highest BCUT2D eigenvalue weighted by atomic mass is 32.2. The van der Waals surface area contributed by atoms with E-state index in [1.165, 1.54) is 42.3 Å². The Labute approximate surface area is 251 Å². The number of ether oxygens (including phenoxy) is 3. The molecule has 0 saturated carbocycles. The van der Waals surface area contributed by atoms with Crippen LogP contribution in [-0.4, -0.2) is 64.6 Å². The zero-order valence-electron chi connectivity index (χ0n) is 24.4. The van der Waals surface area contributed by atoms with E-state index in [1.54, 1.807) is 31.2 Å². The number of hydrogen-bond donors (Lipinski definition) is 1. The van der Waals surface area contributed by atoms with Crippen molar-refractivity contribution in [3.63, 3.8) is 0 Å². The van der Waals surface area contributed by atoms with Gasteiger partial charge in [-0.05, 0) is 66.9 Å². The molecule has 12 heteroatoms. The lowest BCUT2D eigenvalue weighted by molar-refractivity contribution is -0.140. The molecule has 3 aromatic rings. The third-order valence-corrected chi connectivity index (χ3v) is 8.69. The summed E-state index contributed by atoms with van der Waals surface area (Å²) in [5, 5.41) is 2.85. The van der Waals surface area contributed by atoms with E-state index in [0.29, 0.717) is 36.6 Å². The van der Waals surface area contributed by atoms with Crippen LogP contribution in [0.5, 0.6) is 17.2 Å². The van der Waals surface area contributed by atoms with Gasteiger partial charge in [0.2, 0.25) is 11.8 Å². The molecule has 1 aliphatic heterocycles. The van der Waals surface area contributed by atoms with E-state index in [4.69, 9.17) is 14.2 Å². The maximum atomic E-state index is 14.1. The molecule has 1 atom stereocenters. The van der Waals surface area contributed by atoms with Gasteiger partial charge < -0.3 is 24.4 Å². The molecule has 2 amide bonds. The molecule has 43 heavy (non-hydrogen) atoms. The Morgan fingerprint density at radius 2 is 1.72 bits per heavy atom. The number of hydrogen-bond acceptors (Lipinski definition) is 7. The average Bonchev–Trinajstić information content (AvgIpc) is 3.02. The van der Waals surface area contributed by atoms with Crippen LogP contribution in [-0.2, 0) is 26.2 Å². The van der Waals surface area contributed by atoms with Crippen molar-refractivity contribution in [1.29, 1.82) is 0 Å². The van der Waals surface area contributed by atoms with Crippen molar-refractivity contribution in [3.8, 4) is 17.2 Å². The van der Waals surface area contributed by atoms with E-state index >= 15 is 0 Å². The van der Waals surface area contributed by atoms with Crippen LogP contribution in [0.3, 0.4) is 0 Å². The number of sulfonamides is 1. The number of amides is 2. The van der Waals surface area contributed by atoms with Crippen LogP contribution in [0.2, 0.25) is 0 Å². The molecule has 1 aliphatic rings. The van der Waals surface area contributed by atoms with Gasteiger partial charge >= 0.3 is 0 Å². The Balaban J connectivity index is 1.74. The molecule has 1 heterocycles. The number of anilines is 1. The summed E-state index contributed by atoms with van der Waals surface area (Å²) in [5.74, 6) is -0.290. The maximum absolute atomic E-state index is 14.1. The van der Waals surface area contributed by atoms with Gasteiger partial charge in [-0.25, -0.2) is 12.8 Å². The van der Waals surface area contributed by atoms with Gasteiger partial charge in [0.15, 0.2) is 11.5 Å². The fourth-order valence-corrected chi connectivity index (χ4v) is 6.13. The van der Waals surface area contributed by atoms with E-state index in [-0.39, 0.29) is 41.8 Å². The van der Waals surface area contributed by atoms with Crippen LogP contribution in [0, 0.1) is 5.82 Å². The molecule has 10 nitrogen and oxygen atoms in total. The topological polar surface area (TPSA) is 114 Å². The Morgan fingerprint density at radius 1 is 1.00 bits per heavy atom. The summed E-state index contributed by atoms with van der Waals surface area (Å²) in [7, 11) is -2.85. The maximum Gasteiger partial charge on any atom is 0.264 e. The minimum absolute atomic E-state index is 0.0232. The van der Waals surface area contributed by atoms with Crippen molar-refractivity contribution in [2.75, 3.05) is 37.7 Å². The van der Waals surface area contributed by atoms with Crippen LogP contribution in [0.4, 0.5) is 10.1 Å². The van der Waals surface area contributed by atoms with E-state index in [9.17, 15) is 22.4 Å². The Bertz CT molecular complexity index is 1530. The van der Waals surface area contributed by atoms with Crippen molar-refractivity contribution < 1.29 is 36.6 Å². The molecule has 0 bridgehead atoms. The molecule has 0 unspecified atom stereocenters. The Hall–Kier alpha value is -4.32. The number of nitrogens with one attached hydrogen (secondary N) is 1. The second kappa shape index (κ2) is 14.2. The number of benzene rings is 3. The zero-order valence-corrected chi connectivity index (χ0v) is 25.2. The summed E-state index contributed by atoms with van der Waals surface area (Å²) in [6.07, 6.45) is 0.995. The molecule has 230 valence electrons. The van der Waals surface area contributed by atoms with Gasteiger partial charge in [0, 0.05) is 19.2 Å². The molecule has 0 fully saturated rings. The normalized spacial score (nSPS) is 13.1. The van der Waals surface area contributed by atoms with E-state index < -0.39 is 34.3 Å². The van der Waals surface area contributed by atoms with Gasteiger partial charge in [-0.15, -0.1) is 0 Å². The average molecular weight is 614 g/mol. The van der Waals surface area contributed by atoms with Crippen LogP contribution >= 0.6 is 0 Å². The molecule has 0 radical (unpaired) electrons. The number of fused-ring (bicyclic) bond motifs is 1. The summed E-state index contributed by atoms with van der Waals surface area (Å²) in [4.78, 5) is 28.6. The molecule has 4 rings (SSSR count). The van der Waals surface area contributed by atoms with Crippen LogP contribution in [0.1, 0.15) is 32.3 Å². The standard InChI is InChI=1S/C31H36FN3O7S/c1-4-15-33-31(37)27(5-2)34(20-22-7-6-8-25(18-22)40-3)30(36)21-35(24-11-9-23(32)10-12-24)43(38,39)26-13-14-28-29(19-26)42-17-16-41-28/h6-14,18-19,27H,4-5,15-17,20-21H2,1-3H3,(H,33,37)/t27-/m1/s1. The van der Waals surface area contributed by atoms with E-state index in [2.05, 4.69) is 5.32 Å². The van der Waals surface area contributed by atoms with Gasteiger partial charge in [0.25, 0.3) is 10.0 Å². The Morgan fingerprint density at radius 3 is 2.40 bits per heavy atom. The first-order chi connectivity index (χ1) is 20.7. The molecule has 0 aliphatic carbocycles. The highest BCUT2D eigenvalue weighted by Gasteiger charge is 2.34. The second-order valence-corrected chi connectivity index (χ2v) is 11.7. The summed E-state index contributed by atoms with van der Waals surface area (Å²) in [5.41, 5.74) is 0.770. The van der Waals surface area contributed by atoms with Crippen LogP contribution in [0.25, 0.3) is 0 Å². The quantitative estimate of drug-likeness (QED) is 0.308. The lowest BCUT2D eigenvalue weighted by atomic mass is 10.1. The zero-order chi connectivity index (χ0) is 31.0. The molecular formula is C31H36FN3O7S. The summed E-state index contributed by atoms with van der Waals surface area (Å²) in [6, 6.07) is 15.2. The molecular weight excluding hydrogens is 577 g/mol.